The summed E-state index contributed by atoms with van der Waals surface area (Å²) in [7, 11) is 0. The van der Waals surface area contributed by atoms with E-state index >= 15 is 0 Å². The van der Waals surface area contributed by atoms with Gasteiger partial charge in [0.15, 0.2) is 5.82 Å². The average molecular weight is 214 g/mol. The van der Waals surface area contributed by atoms with E-state index in [1.807, 2.05) is 0 Å². The van der Waals surface area contributed by atoms with Gasteiger partial charge < -0.3 is 11.1 Å². The van der Waals surface area contributed by atoms with Crippen molar-refractivity contribution in [1.29, 1.82) is 0 Å². The van der Waals surface area contributed by atoms with Crippen LogP contribution in [-0.4, -0.2) is 16.1 Å². The number of amides is 1. The lowest BCUT2D eigenvalue weighted by atomic mass is 10.2. The minimum atomic E-state index is -0.236. The molecule has 1 heterocycles. The Morgan fingerprint density at radius 2 is 1.94 bits per heavy atom. The molecule has 1 amide bonds. The van der Waals surface area contributed by atoms with Crippen LogP contribution in [-0.2, 0) is 0 Å². The first-order chi connectivity index (χ1) is 7.75. The SMILES string of the molecule is Nc1ccc(C(=O)Nc2cccnn2)cc1. The van der Waals surface area contributed by atoms with Crippen molar-refractivity contribution < 1.29 is 4.79 Å². The van der Waals surface area contributed by atoms with Crippen molar-refractivity contribution in [3.8, 4) is 0 Å². The molecule has 0 aliphatic rings. The van der Waals surface area contributed by atoms with Crippen LogP contribution in [0.15, 0.2) is 42.6 Å². The Morgan fingerprint density at radius 1 is 1.19 bits per heavy atom. The van der Waals surface area contributed by atoms with E-state index in [2.05, 4.69) is 15.5 Å². The molecule has 0 bridgehead atoms. The van der Waals surface area contributed by atoms with Crippen LogP contribution in [0.4, 0.5) is 11.5 Å². The minimum Gasteiger partial charge on any atom is -0.399 e. The highest BCUT2D eigenvalue weighted by Gasteiger charge is 2.05. The second-order valence-corrected chi connectivity index (χ2v) is 3.19. The number of hydrogen-bond donors (Lipinski definition) is 2. The van der Waals surface area contributed by atoms with E-state index in [9.17, 15) is 4.79 Å². The van der Waals surface area contributed by atoms with Crippen molar-refractivity contribution in [3.63, 3.8) is 0 Å². The molecule has 0 aliphatic carbocycles. The second-order valence-electron chi connectivity index (χ2n) is 3.19. The first-order valence-corrected chi connectivity index (χ1v) is 4.70. The molecule has 5 nitrogen and oxygen atoms in total. The van der Waals surface area contributed by atoms with Gasteiger partial charge in [-0.1, -0.05) is 0 Å². The zero-order valence-corrected chi connectivity index (χ0v) is 8.42. The van der Waals surface area contributed by atoms with Crippen molar-refractivity contribution in [2.75, 3.05) is 11.1 Å². The standard InChI is InChI=1S/C11H10N4O/c12-9-5-3-8(4-6-9)11(16)14-10-2-1-7-13-15-10/h1-7H,12H2,(H,14,15,16). The largest absolute Gasteiger partial charge is 0.399 e. The normalized spacial score (nSPS) is 9.75. The summed E-state index contributed by atoms with van der Waals surface area (Å²) in [5.74, 6) is 0.185. The molecule has 0 radical (unpaired) electrons. The summed E-state index contributed by atoms with van der Waals surface area (Å²) in [6.07, 6.45) is 1.54. The Bertz CT molecular complexity index is 481. The van der Waals surface area contributed by atoms with Gasteiger partial charge in [0.05, 0.1) is 0 Å². The van der Waals surface area contributed by atoms with E-state index in [1.54, 1.807) is 42.6 Å². The number of anilines is 2. The van der Waals surface area contributed by atoms with Gasteiger partial charge in [0.2, 0.25) is 0 Å². The molecule has 16 heavy (non-hydrogen) atoms. The number of carbonyl (C=O) groups is 1. The van der Waals surface area contributed by atoms with Gasteiger partial charge in [-0.3, -0.25) is 4.79 Å². The first-order valence-electron chi connectivity index (χ1n) is 4.70. The van der Waals surface area contributed by atoms with E-state index in [4.69, 9.17) is 5.73 Å². The summed E-state index contributed by atoms with van der Waals surface area (Å²) >= 11 is 0. The summed E-state index contributed by atoms with van der Waals surface area (Å²) in [5.41, 5.74) is 6.67. The van der Waals surface area contributed by atoms with Crippen LogP contribution in [0.25, 0.3) is 0 Å². The van der Waals surface area contributed by atoms with Gasteiger partial charge in [0.25, 0.3) is 5.91 Å². The molecule has 0 fully saturated rings. The Morgan fingerprint density at radius 3 is 2.56 bits per heavy atom. The maximum absolute atomic E-state index is 11.7. The van der Waals surface area contributed by atoms with E-state index < -0.39 is 0 Å². The van der Waals surface area contributed by atoms with Crippen molar-refractivity contribution in [2.24, 2.45) is 0 Å². The number of nitrogens with zero attached hydrogens (tertiary/aromatic N) is 2. The third kappa shape index (κ3) is 2.33. The summed E-state index contributed by atoms with van der Waals surface area (Å²) in [5, 5.41) is 10.0. The Kier molecular flexibility index (Phi) is 2.77. The minimum absolute atomic E-state index is 0.236. The maximum Gasteiger partial charge on any atom is 0.256 e. The lowest BCUT2D eigenvalue weighted by Crippen LogP contribution is -2.13. The number of carbonyl (C=O) groups excluding carboxylic acids is 1. The van der Waals surface area contributed by atoms with Crippen LogP contribution in [0.1, 0.15) is 10.4 Å². The Balaban J connectivity index is 2.12. The van der Waals surface area contributed by atoms with Crippen molar-refractivity contribution >= 4 is 17.4 Å². The first kappa shape index (κ1) is 10.1. The van der Waals surface area contributed by atoms with Gasteiger partial charge in [-0.05, 0) is 36.4 Å². The van der Waals surface area contributed by atoms with Crippen LogP contribution in [0.3, 0.4) is 0 Å². The monoisotopic (exact) mass is 214 g/mol. The van der Waals surface area contributed by atoms with Gasteiger partial charge in [0.1, 0.15) is 0 Å². The predicted octanol–water partition coefficient (Wildman–Crippen LogP) is 1.31. The zero-order valence-electron chi connectivity index (χ0n) is 8.42. The van der Waals surface area contributed by atoms with Crippen LogP contribution < -0.4 is 11.1 Å². The maximum atomic E-state index is 11.7. The molecule has 0 saturated carbocycles. The van der Waals surface area contributed by atoms with Crippen molar-refractivity contribution in [3.05, 3.63) is 48.2 Å². The third-order valence-electron chi connectivity index (χ3n) is 1.99. The molecular weight excluding hydrogens is 204 g/mol. The smallest absolute Gasteiger partial charge is 0.256 e. The zero-order chi connectivity index (χ0) is 11.4. The topological polar surface area (TPSA) is 80.9 Å². The number of nitrogen functional groups attached to an aromatic ring is 1. The van der Waals surface area contributed by atoms with Crippen molar-refractivity contribution in [1.82, 2.24) is 10.2 Å². The molecular formula is C11H10N4O. The number of nitrogens with one attached hydrogen (secondary N) is 1. The van der Waals surface area contributed by atoms with Gasteiger partial charge in [-0.15, -0.1) is 5.10 Å². The van der Waals surface area contributed by atoms with Gasteiger partial charge in [-0.2, -0.15) is 5.10 Å². The molecule has 80 valence electrons. The quantitative estimate of drug-likeness (QED) is 0.738. The van der Waals surface area contributed by atoms with Gasteiger partial charge >= 0.3 is 0 Å². The summed E-state index contributed by atoms with van der Waals surface area (Å²) in [6.45, 7) is 0. The third-order valence-corrected chi connectivity index (χ3v) is 1.99. The lowest BCUT2D eigenvalue weighted by molar-refractivity contribution is 0.102. The summed E-state index contributed by atoms with van der Waals surface area (Å²) in [6, 6.07) is 10.0. The molecule has 0 unspecified atom stereocenters. The Labute approximate surface area is 92.3 Å². The molecule has 3 N–H and O–H groups in total. The number of aromatic nitrogens is 2. The van der Waals surface area contributed by atoms with Crippen LogP contribution in [0, 0.1) is 0 Å². The molecule has 1 aromatic heterocycles. The van der Waals surface area contributed by atoms with E-state index in [-0.39, 0.29) is 5.91 Å². The molecule has 0 spiro atoms. The summed E-state index contributed by atoms with van der Waals surface area (Å²) in [4.78, 5) is 11.7. The Hall–Kier alpha value is -2.43. The van der Waals surface area contributed by atoms with E-state index in [1.165, 1.54) is 0 Å². The second kappa shape index (κ2) is 4.39. The van der Waals surface area contributed by atoms with E-state index in [0.717, 1.165) is 0 Å². The highest BCUT2D eigenvalue weighted by molar-refractivity contribution is 6.03. The molecule has 0 atom stereocenters. The molecule has 1 aromatic carbocycles. The van der Waals surface area contributed by atoms with Gasteiger partial charge in [-0.25, -0.2) is 0 Å². The fourth-order valence-corrected chi connectivity index (χ4v) is 1.19. The number of benzene rings is 1. The van der Waals surface area contributed by atoms with Crippen LogP contribution in [0.2, 0.25) is 0 Å². The molecule has 2 aromatic rings. The van der Waals surface area contributed by atoms with Crippen LogP contribution in [0.5, 0.6) is 0 Å². The molecule has 2 rings (SSSR count). The average Bonchev–Trinajstić information content (AvgIpc) is 2.31. The number of nitrogens with two attached hydrogens (primary N) is 1. The van der Waals surface area contributed by atoms with Crippen molar-refractivity contribution in [2.45, 2.75) is 0 Å². The predicted molar refractivity (Wildman–Crippen MR) is 60.8 cm³/mol. The molecule has 0 aliphatic heterocycles. The fourth-order valence-electron chi connectivity index (χ4n) is 1.19. The fraction of sp³-hybridized carbons (Fsp3) is 0. The highest BCUT2D eigenvalue weighted by atomic mass is 16.1. The molecule has 5 heteroatoms. The summed E-state index contributed by atoms with van der Waals surface area (Å²) < 4.78 is 0. The number of rotatable bonds is 2. The lowest BCUT2D eigenvalue weighted by Gasteiger charge is -2.03. The number of hydrogen-bond acceptors (Lipinski definition) is 4. The van der Waals surface area contributed by atoms with Crippen LogP contribution >= 0.6 is 0 Å². The van der Waals surface area contributed by atoms with E-state index in [0.29, 0.717) is 17.1 Å². The van der Waals surface area contributed by atoms with Gasteiger partial charge in [0, 0.05) is 17.4 Å². The molecule has 0 saturated heterocycles. The highest BCUT2D eigenvalue weighted by Crippen LogP contribution is 2.07.